The van der Waals surface area contributed by atoms with Crippen LogP contribution in [0.15, 0.2) is 18.3 Å². The molecule has 1 aliphatic heterocycles. The Morgan fingerprint density at radius 2 is 2.33 bits per heavy atom. The number of aromatic carboxylic acids is 1. The maximum atomic E-state index is 11.7. The Labute approximate surface area is 109 Å². The number of carbonyl (C=O) groups excluding carboxylic acids is 1. The number of hydrogen-bond acceptors (Lipinski definition) is 4. The number of rotatable bonds is 4. The number of aromatic nitrogens is 1. The zero-order chi connectivity index (χ0) is 13.0. The van der Waals surface area contributed by atoms with E-state index in [-0.39, 0.29) is 16.9 Å². The lowest BCUT2D eigenvalue weighted by Gasteiger charge is -2.09. The maximum absolute atomic E-state index is 11.7. The first-order chi connectivity index (χ1) is 8.66. The third-order valence-electron chi connectivity index (χ3n) is 2.73. The van der Waals surface area contributed by atoms with Crippen LogP contribution in [0.25, 0.3) is 0 Å². The number of nitrogens with one attached hydrogen (secondary N) is 1. The molecule has 96 valence electrons. The minimum atomic E-state index is -1.05. The van der Waals surface area contributed by atoms with E-state index in [1.165, 1.54) is 12.3 Å². The quantitative estimate of drug-likeness (QED) is 0.858. The van der Waals surface area contributed by atoms with Gasteiger partial charge in [-0.2, -0.15) is 0 Å². The van der Waals surface area contributed by atoms with Gasteiger partial charge in [0.1, 0.15) is 5.69 Å². The number of nitrogens with zero attached hydrogens (tertiary/aromatic N) is 1. The van der Waals surface area contributed by atoms with E-state index in [1.807, 2.05) is 0 Å². The number of carboxylic acids is 1. The molecule has 1 unspecified atom stereocenters. The Morgan fingerprint density at radius 3 is 2.89 bits per heavy atom. The zero-order valence-electron chi connectivity index (χ0n) is 9.76. The van der Waals surface area contributed by atoms with Crippen LogP contribution in [0, 0.1) is 0 Å². The van der Waals surface area contributed by atoms with Crippen LogP contribution in [-0.2, 0) is 11.3 Å². The van der Waals surface area contributed by atoms with Gasteiger partial charge in [0.05, 0.1) is 5.25 Å². The molecule has 0 radical (unpaired) electrons. The molecular formula is C12H14N2O3S. The standard InChI is InChI=1S/C12H14N2O3S/c15-11(10-2-1-5-18-10)14-7-8-3-4-9(12(16)17)13-6-8/h3-4,6,10H,1-2,5,7H2,(H,14,15)(H,16,17). The second-order valence-electron chi connectivity index (χ2n) is 4.08. The molecule has 1 amide bonds. The Balaban J connectivity index is 1.86. The third-order valence-corrected chi connectivity index (χ3v) is 4.11. The first kappa shape index (κ1) is 12.9. The fourth-order valence-electron chi connectivity index (χ4n) is 1.74. The van der Waals surface area contributed by atoms with Crippen molar-refractivity contribution in [3.05, 3.63) is 29.6 Å². The molecule has 2 rings (SSSR count). The summed E-state index contributed by atoms with van der Waals surface area (Å²) in [4.78, 5) is 26.2. The van der Waals surface area contributed by atoms with Gasteiger partial charge in [0.25, 0.3) is 0 Å². The second kappa shape index (κ2) is 5.86. The molecule has 0 aromatic carbocycles. The highest BCUT2D eigenvalue weighted by Gasteiger charge is 2.22. The highest BCUT2D eigenvalue weighted by molar-refractivity contribution is 8.00. The molecule has 1 fully saturated rings. The molecule has 6 heteroatoms. The van der Waals surface area contributed by atoms with Crippen LogP contribution in [0.1, 0.15) is 28.9 Å². The number of carboxylic acid groups (broad SMARTS) is 1. The molecule has 18 heavy (non-hydrogen) atoms. The zero-order valence-corrected chi connectivity index (χ0v) is 10.6. The highest BCUT2D eigenvalue weighted by atomic mass is 32.2. The van der Waals surface area contributed by atoms with Crippen LogP contribution in [0.4, 0.5) is 0 Å². The van der Waals surface area contributed by atoms with E-state index in [0.29, 0.717) is 6.54 Å². The molecule has 1 atom stereocenters. The largest absolute Gasteiger partial charge is 0.477 e. The van der Waals surface area contributed by atoms with Crippen LogP contribution in [0.3, 0.4) is 0 Å². The van der Waals surface area contributed by atoms with Gasteiger partial charge in [0.15, 0.2) is 0 Å². The topological polar surface area (TPSA) is 79.3 Å². The van der Waals surface area contributed by atoms with E-state index >= 15 is 0 Å². The van der Waals surface area contributed by atoms with Crippen molar-refractivity contribution in [2.75, 3.05) is 5.75 Å². The van der Waals surface area contributed by atoms with E-state index in [4.69, 9.17) is 5.11 Å². The first-order valence-corrected chi connectivity index (χ1v) is 6.79. The molecule has 0 bridgehead atoms. The van der Waals surface area contributed by atoms with E-state index in [1.54, 1.807) is 17.8 Å². The lowest BCUT2D eigenvalue weighted by molar-refractivity contribution is -0.120. The molecule has 1 saturated heterocycles. The van der Waals surface area contributed by atoms with Gasteiger partial charge in [-0.25, -0.2) is 9.78 Å². The number of carbonyl (C=O) groups is 2. The van der Waals surface area contributed by atoms with Crippen LogP contribution in [0.5, 0.6) is 0 Å². The van der Waals surface area contributed by atoms with Crippen molar-refractivity contribution in [3.8, 4) is 0 Å². The lowest BCUT2D eigenvalue weighted by atomic mass is 10.2. The maximum Gasteiger partial charge on any atom is 0.354 e. The van der Waals surface area contributed by atoms with Crippen LogP contribution in [0.2, 0.25) is 0 Å². The van der Waals surface area contributed by atoms with Crippen molar-refractivity contribution < 1.29 is 14.7 Å². The molecule has 1 aromatic rings. The van der Waals surface area contributed by atoms with Crippen LogP contribution >= 0.6 is 11.8 Å². The SMILES string of the molecule is O=C(O)c1ccc(CNC(=O)C2CCCS2)cn1. The van der Waals surface area contributed by atoms with Crippen molar-refractivity contribution in [1.29, 1.82) is 0 Å². The van der Waals surface area contributed by atoms with Gasteiger partial charge in [-0.05, 0) is 30.2 Å². The summed E-state index contributed by atoms with van der Waals surface area (Å²) in [6.45, 7) is 0.392. The summed E-state index contributed by atoms with van der Waals surface area (Å²) in [7, 11) is 0. The van der Waals surface area contributed by atoms with Crippen LogP contribution in [-0.4, -0.2) is 33.0 Å². The average Bonchev–Trinajstić information content (AvgIpc) is 2.90. The fourth-order valence-corrected chi connectivity index (χ4v) is 2.93. The molecule has 2 N–H and O–H groups in total. The summed E-state index contributed by atoms with van der Waals surface area (Å²) in [6.07, 6.45) is 3.51. The molecular weight excluding hydrogens is 252 g/mol. The average molecular weight is 266 g/mol. The van der Waals surface area contributed by atoms with Crippen molar-refractivity contribution in [3.63, 3.8) is 0 Å². The van der Waals surface area contributed by atoms with Crippen molar-refractivity contribution in [2.24, 2.45) is 0 Å². The Morgan fingerprint density at radius 1 is 1.50 bits per heavy atom. The minimum absolute atomic E-state index is 0.0106. The molecule has 1 aromatic heterocycles. The Bertz CT molecular complexity index is 441. The first-order valence-electron chi connectivity index (χ1n) is 5.74. The molecule has 2 heterocycles. The minimum Gasteiger partial charge on any atom is -0.477 e. The van der Waals surface area contributed by atoms with Gasteiger partial charge < -0.3 is 10.4 Å². The Hall–Kier alpha value is -1.56. The summed E-state index contributed by atoms with van der Waals surface area (Å²) < 4.78 is 0. The summed E-state index contributed by atoms with van der Waals surface area (Å²) >= 11 is 1.69. The predicted molar refractivity (Wildman–Crippen MR) is 68.5 cm³/mol. The number of pyridine rings is 1. The number of amides is 1. The smallest absolute Gasteiger partial charge is 0.354 e. The van der Waals surface area contributed by atoms with Crippen molar-refractivity contribution in [1.82, 2.24) is 10.3 Å². The fraction of sp³-hybridized carbons (Fsp3) is 0.417. The van der Waals surface area contributed by atoms with Gasteiger partial charge in [-0.1, -0.05) is 6.07 Å². The molecule has 0 saturated carbocycles. The lowest BCUT2D eigenvalue weighted by Crippen LogP contribution is -2.30. The summed E-state index contributed by atoms with van der Waals surface area (Å²) in [6, 6.07) is 3.10. The van der Waals surface area contributed by atoms with E-state index in [9.17, 15) is 9.59 Å². The van der Waals surface area contributed by atoms with Gasteiger partial charge in [0.2, 0.25) is 5.91 Å². The van der Waals surface area contributed by atoms with E-state index in [2.05, 4.69) is 10.3 Å². The van der Waals surface area contributed by atoms with Gasteiger partial charge in [-0.15, -0.1) is 11.8 Å². The summed E-state index contributed by atoms with van der Waals surface area (Å²) in [5.74, 6) is 0.0557. The van der Waals surface area contributed by atoms with E-state index < -0.39 is 5.97 Å². The third kappa shape index (κ3) is 3.22. The monoisotopic (exact) mass is 266 g/mol. The number of thioether (sulfide) groups is 1. The van der Waals surface area contributed by atoms with Gasteiger partial charge in [0, 0.05) is 12.7 Å². The molecule has 5 nitrogen and oxygen atoms in total. The molecule has 0 aliphatic carbocycles. The van der Waals surface area contributed by atoms with Gasteiger partial charge in [-0.3, -0.25) is 4.79 Å². The van der Waals surface area contributed by atoms with Crippen molar-refractivity contribution in [2.45, 2.75) is 24.6 Å². The van der Waals surface area contributed by atoms with Crippen LogP contribution < -0.4 is 5.32 Å². The molecule has 0 spiro atoms. The molecule has 1 aliphatic rings. The van der Waals surface area contributed by atoms with Gasteiger partial charge >= 0.3 is 5.97 Å². The highest BCUT2D eigenvalue weighted by Crippen LogP contribution is 2.26. The normalized spacial score (nSPS) is 18.6. The van der Waals surface area contributed by atoms with E-state index in [0.717, 1.165) is 24.2 Å². The number of hydrogen-bond donors (Lipinski definition) is 2. The summed E-state index contributed by atoms with van der Waals surface area (Å²) in [5.41, 5.74) is 0.813. The van der Waals surface area contributed by atoms with Crippen molar-refractivity contribution >= 4 is 23.6 Å². The Kier molecular flexibility index (Phi) is 4.19. The second-order valence-corrected chi connectivity index (χ2v) is 5.39. The summed E-state index contributed by atoms with van der Waals surface area (Å²) in [5, 5.41) is 11.6. The predicted octanol–water partition coefficient (Wildman–Crippen LogP) is 1.29.